The van der Waals surface area contributed by atoms with Gasteiger partial charge in [-0.1, -0.05) is 58.9 Å². The fourth-order valence-corrected chi connectivity index (χ4v) is 16.2. The van der Waals surface area contributed by atoms with Crippen LogP contribution in [0, 0.1) is 56.7 Å². The van der Waals surface area contributed by atoms with E-state index in [1.807, 2.05) is 0 Å². The van der Waals surface area contributed by atoms with Gasteiger partial charge in [-0.25, -0.2) is 8.42 Å². The van der Waals surface area contributed by atoms with E-state index in [9.17, 15) is 23.4 Å². The maximum Gasteiger partial charge on any atom is 0.310 e. The topological polar surface area (TPSA) is 107 Å². The maximum absolute atomic E-state index is 12.3. The summed E-state index contributed by atoms with van der Waals surface area (Å²) in [7, 11) is -2.87. The Hall–Kier alpha value is -1.48. The van der Waals surface area contributed by atoms with E-state index >= 15 is 0 Å². The molecule has 7 nitrogen and oxygen atoms in total. The third-order valence-corrected chi connectivity index (χ3v) is 19.6. The lowest BCUT2D eigenvalue weighted by atomic mass is 9.33. The van der Waals surface area contributed by atoms with Crippen LogP contribution in [-0.4, -0.2) is 79.3 Å². The van der Waals surface area contributed by atoms with Gasteiger partial charge in [0.25, 0.3) is 0 Å². The molecule has 52 heavy (non-hydrogen) atoms. The number of aliphatic hydroxyl groups excluding tert-OH is 1. The van der Waals surface area contributed by atoms with Crippen LogP contribution in [0.15, 0.2) is 35.5 Å². The number of sulfone groups is 1. The van der Waals surface area contributed by atoms with Crippen molar-refractivity contribution in [2.75, 3.05) is 44.3 Å². The van der Waals surface area contributed by atoms with Crippen molar-refractivity contribution in [3.63, 3.8) is 0 Å². The highest BCUT2D eigenvalue weighted by Gasteiger charge is 2.70. The number of carboxylic acid groups (broad SMARTS) is 1. The highest BCUT2D eigenvalue weighted by Crippen LogP contribution is 2.76. The van der Waals surface area contributed by atoms with Crippen molar-refractivity contribution < 1.29 is 23.4 Å². The summed E-state index contributed by atoms with van der Waals surface area (Å²) in [5.41, 5.74) is 4.30. The minimum Gasteiger partial charge on any atom is -0.481 e. The lowest BCUT2D eigenvalue weighted by molar-refractivity contribution is -0.221. The summed E-state index contributed by atoms with van der Waals surface area (Å²) < 4.78 is 24.1. The molecule has 0 amide bonds. The molecule has 4 saturated carbocycles. The molecule has 3 N–H and O–H groups in total. The number of allylic oxidation sites excluding steroid dienone is 5. The first-order valence-corrected chi connectivity index (χ1v) is 22.8. The van der Waals surface area contributed by atoms with Crippen molar-refractivity contribution in [1.29, 1.82) is 0 Å². The number of carbonyl (C=O) groups is 1. The Labute approximate surface area is 315 Å². The first kappa shape index (κ1) is 38.8. The van der Waals surface area contributed by atoms with Gasteiger partial charge in [0, 0.05) is 38.3 Å². The fourth-order valence-electron chi connectivity index (χ4n) is 14.9. The third-order valence-electron chi connectivity index (χ3n) is 18.0. The lowest BCUT2D eigenvalue weighted by Crippen LogP contribution is -2.68. The van der Waals surface area contributed by atoms with Crippen LogP contribution in [-0.2, 0) is 14.6 Å². The Morgan fingerprint density at radius 1 is 0.923 bits per heavy atom. The highest BCUT2D eigenvalue weighted by molar-refractivity contribution is 7.91. The normalized spacial score (nSPS) is 45.4. The van der Waals surface area contributed by atoms with E-state index in [2.05, 4.69) is 70.5 Å². The van der Waals surface area contributed by atoms with Crippen LogP contribution in [0.5, 0.6) is 0 Å². The summed E-state index contributed by atoms with van der Waals surface area (Å²) in [6.45, 7) is 23.0. The number of carboxylic acids is 1. The number of fused-ring (bicyclic) bond motifs is 7. The molecule has 0 bridgehead atoms. The molecular formula is C44H70N2O5S. The zero-order valence-electron chi connectivity index (χ0n) is 33.4. The van der Waals surface area contributed by atoms with Crippen molar-refractivity contribution in [3.8, 4) is 0 Å². The van der Waals surface area contributed by atoms with Gasteiger partial charge >= 0.3 is 5.97 Å². The molecule has 0 aromatic carbocycles. The van der Waals surface area contributed by atoms with Gasteiger partial charge in [-0.2, -0.15) is 0 Å². The molecule has 7 aliphatic rings. The average Bonchev–Trinajstić information content (AvgIpc) is 3.46. The largest absolute Gasteiger partial charge is 0.481 e. The van der Waals surface area contributed by atoms with Crippen molar-refractivity contribution >= 4 is 15.8 Å². The minimum absolute atomic E-state index is 0.0266. The Morgan fingerprint density at radius 2 is 1.65 bits per heavy atom. The number of nitrogens with zero attached hydrogens (tertiary/aromatic N) is 1. The van der Waals surface area contributed by atoms with Crippen LogP contribution in [0.4, 0.5) is 0 Å². The van der Waals surface area contributed by atoms with Gasteiger partial charge in [0.1, 0.15) is 0 Å². The lowest BCUT2D eigenvalue weighted by Gasteiger charge is -2.72. The molecular weight excluding hydrogens is 669 g/mol. The number of nitrogens with one attached hydrogen (secondary N) is 1. The first-order chi connectivity index (χ1) is 24.4. The molecule has 292 valence electrons. The minimum atomic E-state index is -2.87. The molecule has 1 saturated heterocycles. The van der Waals surface area contributed by atoms with E-state index < -0.39 is 21.2 Å². The SMILES string of the molecule is C=C(C)C1CCC2(NCCN3CCS(=O)(=O)CC3)CCC3(C)C(CCC4C5(C)CC=C(C6=CCC(CCO)(C(=O)O)CC6)C(C)(C)C5CCC43C)C12. The Balaban J connectivity index is 1.13. The number of hydrogen-bond donors (Lipinski definition) is 3. The van der Waals surface area contributed by atoms with E-state index in [0.29, 0.717) is 73.4 Å². The van der Waals surface area contributed by atoms with E-state index in [-0.39, 0.29) is 33.8 Å². The molecule has 0 spiro atoms. The summed E-state index contributed by atoms with van der Waals surface area (Å²) in [5.74, 6) is 2.91. The van der Waals surface area contributed by atoms with Crippen molar-refractivity contribution in [2.45, 2.75) is 131 Å². The Bertz CT molecular complexity index is 1600. The second-order valence-corrected chi connectivity index (χ2v) is 22.6. The number of hydrogen-bond acceptors (Lipinski definition) is 6. The predicted molar refractivity (Wildman–Crippen MR) is 210 cm³/mol. The zero-order valence-corrected chi connectivity index (χ0v) is 34.2. The summed E-state index contributed by atoms with van der Waals surface area (Å²) >= 11 is 0. The van der Waals surface area contributed by atoms with E-state index in [1.54, 1.807) is 0 Å². The molecule has 10 unspecified atom stereocenters. The number of rotatable bonds is 9. The van der Waals surface area contributed by atoms with Gasteiger partial charge in [-0.15, -0.1) is 0 Å². The maximum atomic E-state index is 12.3. The smallest absolute Gasteiger partial charge is 0.310 e. The van der Waals surface area contributed by atoms with Gasteiger partial charge in [0.2, 0.25) is 0 Å². The van der Waals surface area contributed by atoms with Crippen molar-refractivity contribution in [2.24, 2.45) is 56.7 Å². The molecule has 1 heterocycles. The summed E-state index contributed by atoms with van der Waals surface area (Å²) in [6.07, 6.45) is 18.2. The first-order valence-electron chi connectivity index (χ1n) is 21.0. The molecule has 0 radical (unpaired) electrons. The molecule has 8 heteroatoms. The monoisotopic (exact) mass is 739 g/mol. The van der Waals surface area contributed by atoms with Gasteiger partial charge < -0.3 is 20.4 Å². The Morgan fingerprint density at radius 3 is 2.29 bits per heavy atom. The molecule has 0 aromatic heterocycles. The molecule has 7 rings (SSSR count). The van der Waals surface area contributed by atoms with Crippen LogP contribution in [0.25, 0.3) is 0 Å². The standard InChI is InChI=1S/C44H70N2O5S/c1-30(2)32-12-19-44(45-23-24-46-25-28-52(50,51)29-26-46)21-20-41(6)34(37(32)44)8-9-36-40(5)15-13-33(39(3,4)35(40)14-16-42(36,41)7)31-10-17-43(18-11-31,22-27-47)38(48)49/h10,13,32,34-37,45,47H,1,8-9,11-12,14-29H2,2-7H3,(H,48,49). The quantitative estimate of drug-likeness (QED) is 0.207. The van der Waals surface area contributed by atoms with Crippen molar-refractivity contribution in [1.82, 2.24) is 10.2 Å². The molecule has 0 aromatic rings. The Kier molecular flexibility index (Phi) is 9.94. The zero-order chi connectivity index (χ0) is 37.5. The van der Waals surface area contributed by atoms with E-state index in [4.69, 9.17) is 0 Å². The molecule has 5 fully saturated rings. The van der Waals surface area contributed by atoms with Crippen LogP contribution < -0.4 is 5.32 Å². The summed E-state index contributed by atoms with van der Waals surface area (Å²) in [6, 6.07) is 0. The predicted octanol–water partition coefficient (Wildman–Crippen LogP) is 7.82. The van der Waals surface area contributed by atoms with Crippen LogP contribution >= 0.6 is 0 Å². The van der Waals surface area contributed by atoms with Crippen molar-refractivity contribution in [3.05, 3.63) is 35.5 Å². The third kappa shape index (κ3) is 5.88. The van der Waals surface area contributed by atoms with Crippen LogP contribution in [0.2, 0.25) is 0 Å². The molecule has 1 aliphatic heterocycles. The number of aliphatic hydroxyl groups is 1. The van der Waals surface area contributed by atoms with Gasteiger partial charge in [-0.3, -0.25) is 4.79 Å². The van der Waals surface area contributed by atoms with Gasteiger partial charge in [0.05, 0.1) is 16.9 Å². The summed E-state index contributed by atoms with van der Waals surface area (Å²) in [5, 5.41) is 23.9. The van der Waals surface area contributed by atoms with Crippen LogP contribution in [0.3, 0.4) is 0 Å². The second-order valence-electron chi connectivity index (χ2n) is 20.3. The molecule has 10 atom stereocenters. The number of aliphatic carboxylic acids is 1. The van der Waals surface area contributed by atoms with E-state index in [1.165, 1.54) is 68.1 Å². The van der Waals surface area contributed by atoms with E-state index in [0.717, 1.165) is 25.9 Å². The summed E-state index contributed by atoms with van der Waals surface area (Å²) in [4.78, 5) is 14.6. The van der Waals surface area contributed by atoms with Crippen LogP contribution in [0.1, 0.15) is 125 Å². The second kappa shape index (κ2) is 13.3. The average molecular weight is 739 g/mol. The molecule has 6 aliphatic carbocycles. The van der Waals surface area contributed by atoms with Gasteiger partial charge in [-0.05, 0) is 153 Å². The highest BCUT2D eigenvalue weighted by atomic mass is 32.2. The fraction of sp³-hybridized carbons (Fsp3) is 0.841. The van der Waals surface area contributed by atoms with Gasteiger partial charge in [0.15, 0.2) is 9.84 Å².